The van der Waals surface area contributed by atoms with E-state index >= 15 is 0 Å². The minimum absolute atomic E-state index is 0.0777. The van der Waals surface area contributed by atoms with Crippen molar-refractivity contribution in [3.05, 3.63) is 27.8 Å². The first-order valence-electron chi connectivity index (χ1n) is 11.8. The maximum atomic E-state index is 11.0. The highest BCUT2D eigenvalue weighted by molar-refractivity contribution is 5.85. The lowest BCUT2D eigenvalue weighted by atomic mass is 10.0. The third kappa shape index (κ3) is 9.55. The molecular formula is C23H36N4O4. The average Bonchev–Trinajstić information content (AvgIpc) is 3.26. The Balaban J connectivity index is 1.42. The monoisotopic (exact) mass is 432 g/mol. The molecule has 2 aromatic rings. The maximum Gasteiger partial charge on any atom is 0.300 e. The van der Waals surface area contributed by atoms with Gasteiger partial charge in [0.2, 0.25) is 5.52 Å². The van der Waals surface area contributed by atoms with Crippen LogP contribution in [-0.4, -0.2) is 28.1 Å². The van der Waals surface area contributed by atoms with Crippen LogP contribution in [0.4, 0.5) is 5.69 Å². The topological polar surface area (TPSA) is 111 Å². The van der Waals surface area contributed by atoms with E-state index in [4.69, 9.17) is 4.63 Å². The molecule has 0 radical (unpaired) electrons. The molecule has 0 spiro atoms. The number of nitrogens with one attached hydrogen (secondary N) is 1. The van der Waals surface area contributed by atoms with E-state index in [0.29, 0.717) is 12.1 Å². The summed E-state index contributed by atoms with van der Waals surface area (Å²) < 4.78 is 4.69. The molecule has 1 heterocycles. The van der Waals surface area contributed by atoms with Crippen LogP contribution in [0.2, 0.25) is 0 Å². The van der Waals surface area contributed by atoms with Gasteiger partial charge < -0.3 is 10.1 Å². The predicted molar refractivity (Wildman–Crippen MR) is 121 cm³/mol. The first-order chi connectivity index (χ1) is 15.2. The highest BCUT2D eigenvalue weighted by Gasteiger charge is 2.19. The van der Waals surface area contributed by atoms with Crippen molar-refractivity contribution in [3.8, 4) is 0 Å². The molecule has 8 heteroatoms. The number of nitro benzene ring substituents is 1. The van der Waals surface area contributed by atoms with Gasteiger partial charge in [-0.05, 0) is 41.3 Å². The van der Waals surface area contributed by atoms with Crippen LogP contribution in [0.1, 0.15) is 95.5 Å². The number of nitrogens with zero attached hydrogens (tertiary/aromatic N) is 3. The molecule has 2 rings (SSSR count). The zero-order chi connectivity index (χ0) is 22.2. The molecule has 0 atom stereocenters. The number of aromatic nitrogens is 2. The first kappa shape index (κ1) is 24.9. The first-order valence-corrected chi connectivity index (χ1v) is 11.8. The van der Waals surface area contributed by atoms with Crippen molar-refractivity contribution in [3.63, 3.8) is 0 Å². The molecule has 0 saturated heterocycles. The summed E-state index contributed by atoms with van der Waals surface area (Å²) in [6.45, 7) is 1.51. The number of non-ortho nitro benzene ring substituents is 1. The van der Waals surface area contributed by atoms with Crippen molar-refractivity contribution in [1.82, 2.24) is 15.6 Å². The normalized spacial score (nSPS) is 11.2. The van der Waals surface area contributed by atoms with Gasteiger partial charge in [-0.2, -0.15) is 0 Å². The summed E-state index contributed by atoms with van der Waals surface area (Å²) in [5.74, 6) is 0. The Morgan fingerprint density at radius 1 is 0.839 bits per heavy atom. The van der Waals surface area contributed by atoms with Crippen LogP contribution in [-0.2, 0) is 11.3 Å². The molecule has 0 unspecified atom stereocenters. The molecule has 1 aromatic heterocycles. The Morgan fingerprint density at radius 2 is 1.39 bits per heavy atom. The number of aldehydes is 1. The van der Waals surface area contributed by atoms with Gasteiger partial charge in [0.05, 0.1) is 4.92 Å². The lowest BCUT2D eigenvalue weighted by molar-refractivity contribution is -0.383. The molecule has 1 N–H and O–H groups in total. The minimum Gasteiger partial charge on any atom is -0.313 e. The fraction of sp³-hybridized carbons (Fsp3) is 0.696. The number of rotatable bonds is 19. The van der Waals surface area contributed by atoms with Gasteiger partial charge in [-0.25, -0.2) is 4.63 Å². The van der Waals surface area contributed by atoms with Crippen LogP contribution < -0.4 is 5.32 Å². The van der Waals surface area contributed by atoms with E-state index in [1.54, 1.807) is 6.07 Å². The van der Waals surface area contributed by atoms with E-state index in [-0.39, 0.29) is 11.2 Å². The van der Waals surface area contributed by atoms with E-state index in [1.807, 2.05) is 0 Å². The number of benzene rings is 1. The summed E-state index contributed by atoms with van der Waals surface area (Å²) in [7, 11) is 0. The van der Waals surface area contributed by atoms with Crippen LogP contribution >= 0.6 is 0 Å². The standard InChI is InChI=1S/C23H36N4O4/c28-18-14-12-10-8-6-4-2-1-3-5-7-9-11-13-17-24-19-20-15-16-21(27(29)30)23-22(20)25-31-26-23/h15-16,18,24H,1-14,17,19H2. The zero-order valence-electron chi connectivity index (χ0n) is 18.5. The van der Waals surface area contributed by atoms with Crippen LogP contribution in [0, 0.1) is 10.1 Å². The van der Waals surface area contributed by atoms with Gasteiger partial charge in [-0.3, -0.25) is 10.1 Å². The fourth-order valence-corrected chi connectivity index (χ4v) is 3.84. The molecule has 0 bridgehead atoms. The van der Waals surface area contributed by atoms with Crippen molar-refractivity contribution in [2.24, 2.45) is 0 Å². The number of unbranched alkanes of at least 4 members (excludes halogenated alkanes) is 13. The Hall–Kier alpha value is -2.35. The molecule has 172 valence electrons. The van der Waals surface area contributed by atoms with Gasteiger partial charge >= 0.3 is 5.69 Å². The lowest BCUT2D eigenvalue weighted by Crippen LogP contribution is -2.15. The number of carbonyl (C=O) groups is 1. The number of fused-ring (bicyclic) bond motifs is 1. The third-order valence-electron chi connectivity index (χ3n) is 5.67. The summed E-state index contributed by atoms with van der Waals surface area (Å²) in [5.41, 5.74) is 1.45. The Kier molecular flexibility index (Phi) is 12.4. The second kappa shape index (κ2) is 15.5. The summed E-state index contributed by atoms with van der Waals surface area (Å²) in [6.07, 6.45) is 18.2. The summed E-state index contributed by atoms with van der Waals surface area (Å²) in [5, 5.41) is 21.9. The van der Waals surface area contributed by atoms with Crippen LogP contribution in [0.15, 0.2) is 16.8 Å². The molecular weight excluding hydrogens is 396 g/mol. The van der Waals surface area contributed by atoms with Gasteiger partial charge in [-0.1, -0.05) is 70.6 Å². The number of carbonyl (C=O) groups excluding carboxylic acids is 1. The number of nitro groups is 1. The second-order valence-corrected chi connectivity index (χ2v) is 8.19. The van der Waals surface area contributed by atoms with Crippen LogP contribution in [0.25, 0.3) is 11.0 Å². The maximum absolute atomic E-state index is 11.0. The SMILES string of the molecule is O=CCCCCCCCCCCCCCCCNCc1ccc([N+](=O)[O-])c2nonc12. The molecule has 0 aliphatic rings. The second-order valence-electron chi connectivity index (χ2n) is 8.19. The molecule has 8 nitrogen and oxygen atoms in total. The smallest absolute Gasteiger partial charge is 0.300 e. The largest absolute Gasteiger partial charge is 0.313 e. The predicted octanol–water partition coefficient (Wildman–Crippen LogP) is 5.88. The van der Waals surface area contributed by atoms with Crippen molar-refractivity contribution in [2.45, 2.75) is 96.4 Å². The molecule has 0 aliphatic carbocycles. The lowest BCUT2D eigenvalue weighted by Gasteiger charge is -2.06. The van der Waals surface area contributed by atoms with E-state index < -0.39 is 4.92 Å². The molecule has 0 saturated carbocycles. The van der Waals surface area contributed by atoms with Crippen molar-refractivity contribution in [2.75, 3.05) is 6.54 Å². The molecule has 31 heavy (non-hydrogen) atoms. The van der Waals surface area contributed by atoms with E-state index in [0.717, 1.165) is 37.7 Å². The van der Waals surface area contributed by atoms with E-state index in [9.17, 15) is 14.9 Å². The quantitative estimate of drug-likeness (QED) is 0.128. The van der Waals surface area contributed by atoms with Crippen molar-refractivity contribution < 1.29 is 14.3 Å². The van der Waals surface area contributed by atoms with Gasteiger partial charge in [0.1, 0.15) is 11.8 Å². The molecule has 0 amide bonds. The summed E-state index contributed by atoms with van der Waals surface area (Å²) >= 11 is 0. The highest BCUT2D eigenvalue weighted by Crippen LogP contribution is 2.25. The van der Waals surface area contributed by atoms with Gasteiger partial charge in [0, 0.05) is 19.0 Å². The summed E-state index contributed by atoms with van der Waals surface area (Å²) in [4.78, 5) is 20.8. The molecule has 1 aromatic carbocycles. The Bertz CT molecular complexity index is 778. The third-order valence-corrected chi connectivity index (χ3v) is 5.67. The summed E-state index contributed by atoms with van der Waals surface area (Å²) in [6, 6.07) is 3.17. The fourth-order valence-electron chi connectivity index (χ4n) is 3.84. The molecule has 0 fully saturated rings. The van der Waals surface area contributed by atoms with E-state index in [1.165, 1.54) is 76.7 Å². The zero-order valence-corrected chi connectivity index (χ0v) is 18.5. The Morgan fingerprint density at radius 3 is 1.97 bits per heavy atom. The van der Waals surface area contributed by atoms with E-state index in [2.05, 4.69) is 15.6 Å². The number of hydrogen-bond acceptors (Lipinski definition) is 7. The Labute approximate surface area is 184 Å². The minimum atomic E-state index is -0.469. The van der Waals surface area contributed by atoms with Gasteiger partial charge in [0.25, 0.3) is 0 Å². The van der Waals surface area contributed by atoms with Gasteiger partial charge in [-0.15, -0.1) is 0 Å². The average molecular weight is 433 g/mol. The van der Waals surface area contributed by atoms with Crippen LogP contribution in [0.5, 0.6) is 0 Å². The number of hydrogen-bond donors (Lipinski definition) is 1. The van der Waals surface area contributed by atoms with Gasteiger partial charge in [0.15, 0.2) is 0 Å². The van der Waals surface area contributed by atoms with Crippen molar-refractivity contribution in [1.29, 1.82) is 0 Å². The van der Waals surface area contributed by atoms with Crippen LogP contribution in [0.3, 0.4) is 0 Å². The van der Waals surface area contributed by atoms with Crippen molar-refractivity contribution >= 4 is 23.0 Å². The highest BCUT2D eigenvalue weighted by atomic mass is 16.6. The molecule has 0 aliphatic heterocycles.